The number of benzene rings is 1. The molecule has 0 saturated heterocycles. The normalized spacial score (nSPS) is 10.1. The first-order valence-electron chi connectivity index (χ1n) is 5.77. The van der Waals surface area contributed by atoms with Crippen LogP contribution in [0, 0.1) is 0 Å². The first kappa shape index (κ1) is 12.6. The zero-order valence-corrected chi connectivity index (χ0v) is 9.94. The SMILES string of the molecule is CCCCN(CC)C(=O)c1ccc(O)cc1. The van der Waals surface area contributed by atoms with Crippen molar-refractivity contribution >= 4 is 5.91 Å². The Morgan fingerprint density at radius 1 is 1.25 bits per heavy atom. The highest BCUT2D eigenvalue weighted by Crippen LogP contribution is 2.12. The topological polar surface area (TPSA) is 40.5 Å². The van der Waals surface area contributed by atoms with Crippen LogP contribution in [0.2, 0.25) is 0 Å². The number of phenolic OH excluding ortho intramolecular Hbond substituents is 1. The van der Waals surface area contributed by atoms with Gasteiger partial charge in [0, 0.05) is 18.7 Å². The van der Waals surface area contributed by atoms with Crippen molar-refractivity contribution in [2.75, 3.05) is 13.1 Å². The Labute approximate surface area is 96.7 Å². The molecule has 3 heteroatoms. The lowest BCUT2D eigenvalue weighted by Gasteiger charge is -2.20. The predicted molar refractivity (Wildman–Crippen MR) is 64.6 cm³/mol. The summed E-state index contributed by atoms with van der Waals surface area (Å²) in [6.45, 7) is 5.61. The van der Waals surface area contributed by atoms with Crippen molar-refractivity contribution in [2.45, 2.75) is 26.7 Å². The molecular formula is C13H19NO2. The lowest BCUT2D eigenvalue weighted by atomic mass is 10.2. The molecule has 0 aliphatic rings. The summed E-state index contributed by atoms with van der Waals surface area (Å²) in [5.74, 6) is 0.226. The molecule has 0 heterocycles. The summed E-state index contributed by atoms with van der Waals surface area (Å²) in [6, 6.07) is 6.40. The highest BCUT2D eigenvalue weighted by atomic mass is 16.3. The Morgan fingerprint density at radius 2 is 1.88 bits per heavy atom. The van der Waals surface area contributed by atoms with E-state index in [1.165, 1.54) is 0 Å². The molecule has 0 aliphatic heterocycles. The van der Waals surface area contributed by atoms with Crippen LogP contribution in [0.3, 0.4) is 0 Å². The Balaban J connectivity index is 2.70. The van der Waals surface area contributed by atoms with Crippen molar-refractivity contribution in [3.8, 4) is 5.75 Å². The molecule has 0 unspecified atom stereocenters. The quantitative estimate of drug-likeness (QED) is 0.830. The number of carbonyl (C=O) groups is 1. The summed E-state index contributed by atoms with van der Waals surface area (Å²) >= 11 is 0. The van der Waals surface area contributed by atoms with Crippen molar-refractivity contribution in [3.05, 3.63) is 29.8 Å². The van der Waals surface area contributed by atoms with Gasteiger partial charge in [0.2, 0.25) is 0 Å². The van der Waals surface area contributed by atoms with Crippen molar-refractivity contribution < 1.29 is 9.90 Å². The molecule has 3 nitrogen and oxygen atoms in total. The summed E-state index contributed by atoms with van der Waals surface area (Å²) in [5.41, 5.74) is 0.635. The van der Waals surface area contributed by atoms with E-state index in [0.717, 1.165) is 25.9 Å². The molecule has 0 radical (unpaired) electrons. The molecule has 0 spiro atoms. The first-order chi connectivity index (χ1) is 7.69. The molecule has 16 heavy (non-hydrogen) atoms. The van der Waals surface area contributed by atoms with Gasteiger partial charge in [0.25, 0.3) is 5.91 Å². The summed E-state index contributed by atoms with van der Waals surface area (Å²) < 4.78 is 0. The maximum absolute atomic E-state index is 12.0. The number of rotatable bonds is 5. The Hall–Kier alpha value is -1.51. The molecule has 1 rings (SSSR count). The third-order valence-electron chi connectivity index (χ3n) is 2.56. The van der Waals surface area contributed by atoms with E-state index in [2.05, 4.69) is 6.92 Å². The maximum Gasteiger partial charge on any atom is 0.253 e. The van der Waals surface area contributed by atoms with Gasteiger partial charge in [0.1, 0.15) is 5.75 Å². The third kappa shape index (κ3) is 3.26. The van der Waals surface area contributed by atoms with Crippen LogP contribution < -0.4 is 0 Å². The predicted octanol–water partition coefficient (Wildman–Crippen LogP) is 2.65. The maximum atomic E-state index is 12.0. The molecule has 1 aromatic carbocycles. The zero-order chi connectivity index (χ0) is 12.0. The van der Waals surface area contributed by atoms with Crippen molar-refractivity contribution in [1.29, 1.82) is 0 Å². The van der Waals surface area contributed by atoms with Crippen LogP contribution in [-0.2, 0) is 0 Å². The Kier molecular flexibility index (Phi) is 4.83. The molecule has 0 aliphatic carbocycles. The fraction of sp³-hybridized carbons (Fsp3) is 0.462. The molecule has 0 bridgehead atoms. The van der Waals surface area contributed by atoms with Gasteiger partial charge in [0.15, 0.2) is 0 Å². The fourth-order valence-electron chi connectivity index (χ4n) is 1.54. The van der Waals surface area contributed by atoms with Crippen molar-refractivity contribution in [3.63, 3.8) is 0 Å². The van der Waals surface area contributed by atoms with Crippen LogP contribution in [-0.4, -0.2) is 29.0 Å². The number of unbranched alkanes of at least 4 members (excludes halogenated alkanes) is 1. The average molecular weight is 221 g/mol. The molecule has 0 aromatic heterocycles. The molecule has 1 aromatic rings. The number of carbonyl (C=O) groups excluding carboxylic acids is 1. The Bertz CT molecular complexity index is 332. The van der Waals surface area contributed by atoms with Crippen molar-refractivity contribution in [1.82, 2.24) is 4.90 Å². The second kappa shape index (κ2) is 6.16. The summed E-state index contributed by atoms with van der Waals surface area (Å²) in [4.78, 5) is 13.9. The average Bonchev–Trinajstić information content (AvgIpc) is 2.30. The lowest BCUT2D eigenvalue weighted by Crippen LogP contribution is -2.31. The largest absolute Gasteiger partial charge is 0.508 e. The monoisotopic (exact) mass is 221 g/mol. The fourth-order valence-corrected chi connectivity index (χ4v) is 1.54. The number of aromatic hydroxyl groups is 1. The minimum atomic E-state index is 0.0379. The van der Waals surface area contributed by atoms with Crippen LogP contribution in [0.4, 0.5) is 0 Å². The van der Waals surface area contributed by atoms with Crippen LogP contribution in [0.5, 0.6) is 5.75 Å². The molecule has 1 amide bonds. The summed E-state index contributed by atoms with van der Waals surface area (Å²) in [5, 5.41) is 9.15. The van der Waals surface area contributed by atoms with Crippen LogP contribution in [0.25, 0.3) is 0 Å². The number of nitrogens with zero attached hydrogens (tertiary/aromatic N) is 1. The van der Waals surface area contributed by atoms with Gasteiger partial charge in [-0.2, -0.15) is 0 Å². The van der Waals surface area contributed by atoms with E-state index in [1.54, 1.807) is 24.3 Å². The summed E-state index contributed by atoms with van der Waals surface area (Å²) in [7, 11) is 0. The number of hydrogen-bond donors (Lipinski definition) is 1. The number of phenols is 1. The van der Waals surface area contributed by atoms with E-state index in [0.29, 0.717) is 5.56 Å². The van der Waals surface area contributed by atoms with Gasteiger partial charge < -0.3 is 10.0 Å². The van der Waals surface area contributed by atoms with E-state index in [9.17, 15) is 4.79 Å². The van der Waals surface area contributed by atoms with Crippen molar-refractivity contribution in [2.24, 2.45) is 0 Å². The van der Waals surface area contributed by atoms with Crippen LogP contribution >= 0.6 is 0 Å². The van der Waals surface area contributed by atoms with E-state index < -0.39 is 0 Å². The Morgan fingerprint density at radius 3 is 2.38 bits per heavy atom. The minimum Gasteiger partial charge on any atom is -0.508 e. The molecule has 0 fully saturated rings. The van der Waals surface area contributed by atoms with Gasteiger partial charge in [-0.1, -0.05) is 13.3 Å². The summed E-state index contributed by atoms with van der Waals surface area (Å²) in [6.07, 6.45) is 2.11. The molecule has 88 valence electrons. The van der Waals surface area contributed by atoms with Gasteiger partial charge in [-0.25, -0.2) is 0 Å². The highest BCUT2D eigenvalue weighted by Gasteiger charge is 2.12. The van der Waals surface area contributed by atoms with E-state index in [4.69, 9.17) is 5.11 Å². The van der Waals surface area contributed by atoms with Crippen LogP contribution in [0.1, 0.15) is 37.0 Å². The minimum absolute atomic E-state index is 0.0379. The van der Waals surface area contributed by atoms with E-state index in [-0.39, 0.29) is 11.7 Å². The number of amides is 1. The zero-order valence-electron chi connectivity index (χ0n) is 9.94. The number of hydrogen-bond acceptors (Lipinski definition) is 2. The standard InChI is InChI=1S/C13H19NO2/c1-3-5-10-14(4-2)13(16)11-6-8-12(15)9-7-11/h6-9,15H,3-5,10H2,1-2H3. The molecule has 0 atom stereocenters. The van der Waals surface area contributed by atoms with E-state index >= 15 is 0 Å². The van der Waals surface area contributed by atoms with Gasteiger partial charge in [-0.15, -0.1) is 0 Å². The first-order valence-corrected chi connectivity index (χ1v) is 5.77. The van der Waals surface area contributed by atoms with Gasteiger partial charge in [-0.3, -0.25) is 4.79 Å². The molecule has 1 N–H and O–H groups in total. The second-order valence-electron chi connectivity index (χ2n) is 3.79. The lowest BCUT2D eigenvalue weighted by molar-refractivity contribution is 0.0762. The van der Waals surface area contributed by atoms with Crippen LogP contribution in [0.15, 0.2) is 24.3 Å². The van der Waals surface area contributed by atoms with Gasteiger partial charge in [0.05, 0.1) is 0 Å². The van der Waals surface area contributed by atoms with E-state index in [1.807, 2.05) is 11.8 Å². The molecule has 0 saturated carbocycles. The highest BCUT2D eigenvalue weighted by molar-refractivity contribution is 5.94. The van der Waals surface area contributed by atoms with Gasteiger partial charge in [-0.05, 0) is 37.6 Å². The second-order valence-corrected chi connectivity index (χ2v) is 3.79. The smallest absolute Gasteiger partial charge is 0.253 e. The molecular weight excluding hydrogens is 202 g/mol. The third-order valence-corrected chi connectivity index (χ3v) is 2.56. The van der Waals surface area contributed by atoms with Gasteiger partial charge >= 0.3 is 0 Å².